The molecule has 0 heterocycles. The van der Waals surface area contributed by atoms with Crippen molar-refractivity contribution in [2.75, 3.05) is 26.3 Å². The van der Waals surface area contributed by atoms with Gasteiger partial charge < -0.3 is 10.1 Å². The average molecular weight is 185 g/mol. The van der Waals surface area contributed by atoms with E-state index in [4.69, 9.17) is 4.74 Å². The lowest BCUT2D eigenvalue weighted by Crippen LogP contribution is -2.27. The van der Waals surface area contributed by atoms with E-state index in [1.165, 1.54) is 25.8 Å². The van der Waals surface area contributed by atoms with Gasteiger partial charge in [-0.1, -0.05) is 19.8 Å². The monoisotopic (exact) mass is 185 g/mol. The standard InChI is InChI=1S/C11H23NO/c1-3-13-8-7-12-9-11-6-4-5-10(11)2/h10-12H,3-9H2,1-2H3. The Labute approximate surface area is 82.0 Å². The SMILES string of the molecule is CCOCCNCC1CCCC1C. The molecule has 1 fully saturated rings. The van der Waals surface area contributed by atoms with Crippen LogP contribution in [-0.4, -0.2) is 26.3 Å². The molecular weight excluding hydrogens is 162 g/mol. The molecule has 2 atom stereocenters. The molecule has 1 aliphatic carbocycles. The van der Waals surface area contributed by atoms with Crippen molar-refractivity contribution < 1.29 is 4.74 Å². The summed E-state index contributed by atoms with van der Waals surface area (Å²) in [6.07, 6.45) is 4.28. The third kappa shape index (κ3) is 4.10. The first-order valence-corrected chi connectivity index (χ1v) is 5.63. The fraction of sp³-hybridized carbons (Fsp3) is 1.00. The van der Waals surface area contributed by atoms with Gasteiger partial charge >= 0.3 is 0 Å². The van der Waals surface area contributed by atoms with Gasteiger partial charge in [0.15, 0.2) is 0 Å². The summed E-state index contributed by atoms with van der Waals surface area (Å²) < 4.78 is 5.26. The van der Waals surface area contributed by atoms with Crippen LogP contribution in [-0.2, 0) is 4.74 Å². The molecule has 1 saturated carbocycles. The molecule has 0 aliphatic heterocycles. The van der Waals surface area contributed by atoms with Gasteiger partial charge in [-0.05, 0) is 31.7 Å². The second kappa shape index (κ2) is 6.39. The van der Waals surface area contributed by atoms with Crippen molar-refractivity contribution in [3.05, 3.63) is 0 Å². The molecule has 0 aromatic rings. The molecule has 2 heteroatoms. The highest BCUT2D eigenvalue weighted by atomic mass is 16.5. The molecule has 0 radical (unpaired) electrons. The van der Waals surface area contributed by atoms with Crippen LogP contribution < -0.4 is 5.32 Å². The normalized spacial score (nSPS) is 28.2. The van der Waals surface area contributed by atoms with E-state index in [0.717, 1.165) is 31.6 Å². The highest BCUT2D eigenvalue weighted by molar-refractivity contribution is 4.75. The Kier molecular flexibility index (Phi) is 5.40. The summed E-state index contributed by atoms with van der Waals surface area (Å²) >= 11 is 0. The lowest BCUT2D eigenvalue weighted by atomic mass is 9.98. The Hall–Kier alpha value is -0.0800. The van der Waals surface area contributed by atoms with E-state index >= 15 is 0 Å². The van der Waals surface area contributed by atoms with E-state index in [1.54, 1.807) is 0 Å². The van der Waals surface area contributed by atoms with E-state index < -0.39 is 0 Å². The third-order valence-corrected chi connectivity index (χ3v) is 3.07. The highest BCUT2D eigenvalue weighted by Crippen LogP contribution is 2.30. The van der Waals surface area contributed by atoms with Crippen molar-refractivity contribution in [3.63, 3.8) is 0 Å². The molecule has 1 aliphatic rings. The summed E-state index contributed by atoms with van der Waals surface area (Å²) in [7, 11) is 0. The zero-order valence-corrected chi connectivity index (χ0v) is 9.01. The molecule has 0 amide bonds. The van der Waals surface area contributed by atoms with Crippen LogP contribution in [0.5, 0.6) is 0 Å². The van der Waals surface area contributed by atoms with Crippen LogP contribution >= 0.6 is 0 Å². The summed E-state index contributed by atoms with van der Waals surface area (Å²) in [4.78, 5) is 0. The molecule has 13 heavy (non-hydrogen) atoms. The fourth-order valence-electron chi connectivity index (χ4n) is 2.10. The summed E-state index contributed by atoms with van der Waals surface area (Å²) in [5, 5.41) is 3.47. The second-order valence-electron chi connectivity index (χ2n) is 4.07. The van der Waals surface area contributed by atoms with Gasteiger partial charge in [-0.15, -0.1) is 0 Å². The van der Waals surface area contributed by atoms with Gasteiger partial charge in [-0.2, -0.15) is 0 Å². The first kappa shape index (κ1) is 11.0. The molecule has 2 unspecified atom stereocenters. The number of hydrogen-bond donors (Lipinski definition) is 1. The van der Waals surface area contributed by atoms with Crippen molar-refractivity contribution in [1.82, 2.24) is 5.32 Å². The molecule has 0 aromatic heterocycles. The Bertz CT molecular complexity index is 127. The zero-order chi connectivity index (χ0) is 9.52. The topological polar surface area (TPSA) is 21.3 Å². The molecule has 2 nitrogen and oxygen atoms in total. The Morgan fingerprint density at radius 2 is 2.23 bits per heavy atom. The van der Waals surface area contributed by atoms with Crippen LogP contribution in [0.2, 0.25) is 0 Å². The molecule has 1 rings (SSSR count). The number of nitrogens with one attached hydrogen (secondary N) is 1. The first-order chi connectivity index (χ1) is 6.34. The van der Waals surface area contributed by atoms with Crippen LogP contribution in [0.15, 0.2) is 0 Å². The van der Waals surface area contributed by atoms with E-state index in [9.17, 15) is 0 Å². The third-order valence-electron chi connectivity index (χ3n) is 3.07. The maximum absolute atomic E-state index is 5.26. The van der Waals surface area contributed by atoms with Gasteiger partial charge in [0, 0.05) is 13.2 Å². The summed E-state index contributed by atoms with van der Waals surface area (Å²) in [5.41, 5.74) is 0. The van der Waals surface area contributed by atoms with Gasteiger partial charge in [0.2, 0.25) is 0 Å². The number of ether oxygens (including phenoxy) is 1. The van der Waals surface area contributed by atoms with Crippen molar-refractivity contribution in [2.24, 2.45) is 11.8 Å². The molecular formula is C11H23NO. The van der Waals surface area contributed by atoms with Gasteiger partial charge in [0.25, 0.3) is 0 Å². The molecule has 78 valence electrons. The maximum atomic E-state index is 5.26. The van der Waals surface area contributed by atoms with Crippen molar-refractivity contribution in [3.8, 4) is 0 Å². The molecule has 0 saturated heterocycles. The van der Waals surface area contributed by atoms with Gasteiger partial charge in [0.1, 0.15) is 0 Å². The van der Waals surface area contributed by atoms with Crippen molar-refractivity contribution >= 4 is 0 Å². The van der Waals surface area contributed by atoms with E-state index in [1.807, 2.05) is 6.92 Å². The lowest BCUT2D eigenvalue weighted by Gasteiger charge is -2.15. The van der Waals surface area contributed by atoms with Crippen molar-refractivity contribution in [1.29, 1.82) is 0 Å². The molecule has 0 bridgehead atoms. The molecule has 0 spiro atoms. The Morgan fingerprint density at radius 3 is 2.85 bits per heavy atom. The first-order valence-electron chi connectivity index (χ1n) is 5.63. The van der Waals surface area contributed by atoms with E-state index in [-0.39, 0.29) is 0 Å². The lowest BCUT2D eigenvalue weighted by molar-refractivity contribution is 0.148. The molecule has 0 aromatic carbocycles. The second-order valence-corrected chi connectivity index (χ2v) is 4.07. The summed E-state index contributed by atoms with van der Waals surface area (Å²) in [6, 6.07) is 0. The Balaban J connectivity index is 1.93. The minimum Gasteiger partial charge on any atom is -0.380 e. The smallest absolute Gasteiger partial charge is 0.0590 e. The van der Waals surface area contributed by atoms with E-state index in [2.05, 4.69) is 12.2 Å². The zero-order valence-electron chi connectivity index (χ0n) is 9.01. The van der Waals surface area contributed by atoms with Crippen LogP contribution in [0.1, 0.15) is 33.1 Å². The van der Waals surface area contributed by atoms with Gasteiger partial charge in [0.05, 0.1) is 6.61 Å². The van der Waals surface area contributed by atoms with Gasteiger partial charge in [-0.3, -0.25) is 0 Å². The minimum absolute atomic E-state index is 0.835. The Morgan fingerprint density at radius 1 is 1.38 bits per heavy atom. The fourth-order valence-corrected chi connectivity index (χ4v) is 2.10. The molecule has 1 N–H and O–H groups in total. The number of rotatable bonds is 6. The maximum Gasteiger partial charge on any atom is 0.0590 e. The predicted octanol–water partition coefficient (Wildman–Crippen LogP) is 2.05. The van der Waals surface area contributed by atoms with E-state index in [0.29, 0.717) is 0 Å². The predicted molar refractivity (Wildman–Crippen MR) is 55.9 cm³/mol. The van der Waals surface area contributed by atoms with Gasteiger partial charge in [-0.25, -0.2) is 0 Å². The number of hydrogen-bond acceptors (Lipinski definition) is 2. The van der Waals surface area contributed by atoms with Crippen LogP contribution in [0, 0.1) is 11.8 Å². The summed E-state index contributed by atoms with van der Waals surface area (Å²) in [5.74, 6) is 1.85. The average Bonchev–Trinajstić information content (AvgIpc) is 2.52. The van der Waals surface area contributed by atoms with Crippen LogP contribution in [0.25, 0.3) is 0 Å². The quantitative estimate of drug-likeness (QED) is 0.639. The van der Waals surface area contributed by atoms with Crippen molar-refractivity contribution in [2.45, 2.75) is 33.1 Å². The van der Waals surface area contributed by atoms with Crippen LogP contribution in [0.3, 0.4) is 0 Å². The summed E-state index contributed by atoms with van der Waals surface area (Å²) in [6.45, 7) is 8.31. The highest BCUT2D eigenvalue weighted by Gasteiger charge is 2.22. The largest absolute Gasteiger partial charge is 0.380 e. The van der Waals surface area contributed by atoms with Crippen LogP contribution in [0.4, 0.5) is 0 Å². The minimum atomic E-state index is 0.835.